The van der Waals surface area contributed by atoms with Crippen LogP contribution >= 0.6 is 7.82 Å². The van der Waals surface area contributed by atoms with E-state index in [1.54, 1.807) is 0 Å². The van der Waals surface area contributed by atoms with Crippen LogP contribution < -0.4 is 4.89 Å². The molecule has 1 N–H and O–H groups in total. The monoisotopic (exact) mass is 536 g/mol. The van der Waals surface area contributed by atoms with Gasteiger partial charge in [-0.1, -0.05) is 131 Å². The van der Waals surface area contributed by atoms with Gasteiger partial charge in [-0.05, 0) is 30.7 Å². The molecular formula is C30H49O6P. The molecule has 1 unspecified atom stereocenters. The van der Waals surface area contributed by atoms with Crippen molar-refractivity contribution in [3.63, 3.8) is 0 Å². The van der Waals surface area contributed by atoms with E-state index in [1.165, 1.54) is 77.0 Å². The highest BCUT2D eigenvalue weighted by molar-refractivity contribution is 7.47. The van der Waals surface area contributed by atoms with E-state index in [2.05, 4.69) is 13.0 Å². The Balaban J connectivity index is 1.71. The maximum absolute atomic E-state index is 12.2. The Morgan fingerprint density at radius 1 is 0.730 bits per heavy atom. The third-order valence-corrected chi connectivity index (χ3v) is 7.43. The van der Waals surface area contributed by atoms with Crippen LogP contribution in [0.3, 0.4) is 0 Å². The van der Waals surface area contributed by atoms with Crippen molar-refractivity contribution in [1.29, 1.82) is 0 Å². The van der Waals surface area contributed by atoms with Crippen LogP contribution in [0.1, 0.15) is 109 Å². The summed E-state index contributed by atoms with van der Waals surface area (Å²) in [4.78, 5) is 15.4. The standard InChI is InChI=1S/C30H49O6P/c1-3-5-6-7-8-9-10-11-12-13-14-15-16-17-21-28-24-23-27-20-18-19-22-29(27)30(28)35-36-37(31,32)34-26-25-33-4-2/h18-20,22-24H,3-17,21,25-26H2,1-2H3,(H,31,32). The van der Waals surface area contributed by atoms with Crippen LogP contribution in [0.25, 0.3) is 10.8 Å². The first-order valence-electron chi connectivity index (χ1n) is 14.5. The Bertz CT molecular complexity index is 903. The molecule has 2 rings (SSSR count). The zero-order chi connectivity index (χ0) is 26.6. The molecule has 2 aromatic carbocycles. The van der Waals surface area contributed by atoms with E-state index in [0.29, 0.717) is 12.4 Å². The molecular weight excluding hydrogens is 487 g/mol. The number of hydrogen-bond acceptors (Lipinski definition) is 5. The van der Waals surface area contributed by atoms with E-state index >= 15 is 0 Å². The predicted octanol–water partition coefficient (Wildman–Crippen LogP) is 9.33. The first kappa shape index (κ1) is 31.8. The van der Waals surface area contributed by atoms with Crippen molar-refractivity contribution in [2.75, 3.05) is 19.8 Å². The molecule has 2 aromatic rings. The summed E-state index contributed by atoms with van der Waals surface area (Å²) in [5, 5.41) is 1.83. The van der Waals surface area contributed by atoms with E-state index in [0.717, 1.165) is 35.6 Å². The van der Waals surface area contributed by atoms with Crippen LogP contribution in [0.4, 0.5) is 0 Å². The SMILES string of the molecule is CCCCCCCCCCCCCCCCc1ccc2ccccc2c1OOP(=O)(O)OCCOCC. The molecule has 0 bridgehead atoms. The van der Waals surface area contributed by atoms with E-state index < -0.39 is 7.82 Å². The van der Waals surface area contributed by atoms with Crippen LogP contribution in [0, 0.1) is 0 Å². The highest BCUT2D eigenvalue weighted by atomic mass is 31.2. The normalized spacial score (nSPS) is 13.2. The van der Waals surface area contributed by atoms with Crippen molar-refractivity contribution in [3.8, 4) is 5.75 Å². The van der Waals surface area contributed by atoms with E-state index in [9.17, 15) is 9.46 Å². The topological polar surface area (TPSA) is 74.2 Å². The molecule has 0 amide bonds. The molecule has 1 atom stereocenters. The number of aryl methyl sites for hydroxylation is 1. The molecule has 210 valence electrons. The lowest BCUT2D eigenvalue weighted by atomic mass is 10.00. The third-order valence-electron chi connectivity index (χ3n) is 6.66. The van der Waals surface area contributed by atoms with Gasteiger partial charge in [0.15, 0.2) is 5.75 Å². The fourth-order valence-corrected chi connectivity index (χ4v) is 5.07. The van der Waals surface area contributed by atoms with Gasteiger partial charge in [-0.15, -0.1) is 0 Å². The van der Waals surface area contributed by atoms with Gasteiger partial charge in [0.2, 0.25) is 0 Å². The van der Waals surface area contributed by atoms with Crippen LogP contribution in [-0.4, -0.2) is 24.7 Å². The fraction of sp³-hybridized carbons (Fsp3) is 0.667. The van der Waals surface area contributed by atoms with E-state index in [-0.39, 0.29) is 13.2 Å². The summed E-state index contributed by atoms with van der Waals surface area (Å²) in [5.74, 6) is 0.482. The molecule has 0 fully saturated rings. The molecule has 0 saturated heterocycles. The number of phosphoric ester groups is 1. The minimum Gasteiger partial charge on any atom is -0.379 e. The number of fused-ring (bicyclic) bond motifs is 1. The third kappa shape index (κ3) is 13.8. The summed E-state index contributed by atoms with van der Waals surface area (Å²) in [5.41, 5.74) is 0.965. The summed E-state index contributed by atoms with van der Waals surface area (Å²) in [6.07, 6.45) is 19.3. The van der Waals surface area contributed by atoms with Crippen molar-refractivity contribution < 1.29 is 28.3 Å². The molecule has 0 aliphatic carbocycles. The van der Waals surface area contributed by atoms with Gasteiger partial charge in [0.25, 0.3) is 0 Å². The smallest absolute Gasteiger partial charge is 0.379 e. The largest absolute Gasteiger partial charge is 0.508 e. The molecule has 0 aliphatic rings. The van der Waals surface area contributed by atoms with Crippen LogP contribution in [-0.2, 0) is 24.9 Å². The lowest BCUT2D eigenvalue weighted by molar-refractivity contribution is -0.128. The van der Waals surface area contributed by atoms with E-state index in [4.69, 9.17) is 18.8 Å². The van der Waals surface area contributed by atoms with Crippen molar-refractivity contribution >= 4 is 18.6 Å². The second-order valence-corrected chi connectivity index (χ2v) is 11.1. The number of phosphoric acid groups is 1. The van der Waals surface area contributed by atoms with Crippen molar-refractivity contribution in [1.82, 2.24) is 0 Å². The number of hydrogen-bond donors (Lipinski definition) is 1. The van der Waals surface area contributed by atoms with Crippen molar-refractivity contribution in [2.45, 2.75) is 110 Å². The molecule has 0 aliphatic heterocycles. The fourth-order valence-electron chi connectivity index (χ4n) is 4.56. The van der Waals surface area contributed by atoms with Crippen molar-refractivity contribution in [3.05, 3.63) is 42.0 Å². The predicted molar refractivity (Wildman–Crippen MR) is 152 cm³/mol. The lowest BCUT2D eigenvalue weighted by Gasteiger charge is -2.15. The van der Waals surface area contributed by atoms with Gasteiger partial charge in [0, 0.05) is 12.0 Å². The summed E-state index contributed by atoms with van der Waals surface area (Å²) in [6.45, 7) is 4.79. The van der Waals surface area contributed by atoms with Gasteiger partial charge in [-0.25, -0.2) is 4.57 Å². The molecule has 0 aromatic heterocycles. The minimum absolute atomic E-state index is 0.0492. The maximum atomic E-state index is 12.2. The maximum Gasteiger partial charge on any atom is 0.508 e. The molecule has 37 heavy (non-hydrogen) atoms. The quantitative estimate of drug-likeness (QED) is 0.0660. The molecule has 0 spiro atoms. The van der Waals surface area contributed by atoms with Gasteiger partial charge in [0.1, 0.15) is 0 Å². The van der Waals surface area contributed by atoms with Gasteiger partial charge < -0.3 is 14.5 Å². The molecule has 0 heterocycles. The van der Waals surface area contributed by atoms with Gasteiger partial charge >= 0.3 is 7.82 Å². The first-order chi connectivity index (χ1) is 18.1. The summed E-state index contributed by atoms with van der Waals surface area (Å²) < 4.78 is 27.2. The Morgan fingerprint density at radius 2 is 1.32 bits per heavy atom. The number of benzene rings is 2. The average molecular weight is 537 g/mol. The lowest BCUT2D eigenvalue weighted by Crippen LogP contribution is -2.06. The van der Waals surface area contributed by atoms with Crippen molar-refractivity contribution in [2.24, 2.45) is 0 Å². The summed E-state index contributed by atoms with van der Waals surface area (Å²) in [7, 11) is -4.36. The first-order valence-corrected chi connectivity index (χ1v) is 16.0. The summed E-state index contributed by atoms with van der Waals surface area (Å²) >= 11 is 0. The highest BCUT2D eigenvalue weighted by Gasteiger charge is 2.25. The second kappa shape index (κ2) is 19.6. The summed E-state index contributed by atoms with van der Waals surface area (Å²) in [6, 6.07) is 11.9. The van der Waals surface area contributed by atoms with E-state index in [1.807, 2.05) is 37.3 Å². The molecule has 0 saturated carbocycles. The van der Waals surface area contributed by atoms with Crippen LogP contribution in [0.5, 0.6) is 5.75 Å². The number of ether oxygens (including phenoxy) is 1. The molecule has 7 heteroatoms. The minimum atomic E-state index is -4.36. The molecule has 0 radical (unpaired) electrons. The Morgan fingerprint density at radius 3 is 1.95 bits per heavy atom. The van der Waals surface area contributed by atoms with Gasteiger partial charge in [-0.3, -0.25) is 4.52 Å². The van der Waals surface area contributed by atoms with Gasteiger partial charge in [0.05, 0.1) is 13.2 Å². The highest BCUT2D eigenvalue weighted by Crippen LogP contribution is 2.44. The number of unbranched alkanes of at least 4 members (excludes halogenated alkanes) is 13. The second-order valence-electron chi connectivity index (χ2n) is 9.78. The average Bonchev–Trinajstić information content (AvgIpc) is 2.90. The van der Waals surface area contributed by atoms with Crippen LogP contribution in [0.15, 0.2) is 36.4 Å². The van der Waals surface area contributed by atoms with Gasteiger partial charge in [-0.2, -0.15) is 0 Å². The van der Waals surface area contributed by atoms with Crippen LogP contribution in [0.2, 0.25) is 0 Å². The number of rotatable bonds is 23. The molecule has 6 nitrogen and oxygen atoms in total. The Labute approximate surface area is 224 Å². The Hall–Kier alpha value is -1.43. The zero-order valence-electron chi connectivity index (χ0n) is 23.1. The Kier molecular flexibility index (Phi) is 16.8. The zero-order valence-corrected chi connectivity index (χ0v) is 24.0.